The molecule has 0 aliphatic rings. The summed E-state index contributed by atoms with van der Waals surface area (Å²) in [6.45, 7) is 2.85. The summed E-state index contributed by atoms with van der Waals surface area (Å²) < 4.78 is 41.0. The second-order valence-corrected chi connectivity index (χ2v) is 4.41. The summed E-state index contributed by atoms with van der Waals surface area (Å²) in [4.78, 5) is 0. The first-order valence-electron chi connectivity index (χ1n) is 6.35. The van der Waals surface area contributed by atoms with E-state index in [0.29, 0.717) is 18.8 Å². The highest BCUT2D eigenvalue weighted by atomic mass is 19.4. The lowest BCUT2D eigenvalue weighted by atomic mass is 10.0. The van der Waals surface area contributed by atoms with E-state index in [1.807, 2.05) is 6.92 Å². The molecule has 0 amide bonds. The molecule has 1 heterocycles. The van der Waals surface area contributed by atoms with Crippen LogP contribution >= 0.6 is 0 Å². The van der Waals surface area contributed by atoms with Crippen molar-refractivity contribution in [1.82, 2.24) is 15.1 Å². The molecule has 1 aromatic heterocycles. The molecule has 0 atom stereocenters. The normalized spacial score (nSPS) is 11.8. The maximum absolute atomic E-state index is 13.1. The van der Waals surface area contributed by atoms with Crippen LogP contribution in [0.5, 0.6) is 0 Å². The van der Waals surface area contributed by atoms with Gasteiger partial charge in [0.05, 0.1) is 17.5 Å². The minimum Gasteiger partial charge on any atom is -0.316 e. The van der Waals surface area contributed by atoms with Gasteiger partial charge in [-0.3, -0.25) is 4.68 Å². The van der Waals surface area contributed by atoms with Crippen LogP contribution in [0.15, 0.2) is 30.5 Å². The number of alkyl halides is 3. The third kappa shape index (κ3) is 2.70. The minimum absolute atomic E-state index is 0.171. The van der Waals surface area contributed by atoms with Gasteiger partial charge in [0.1, 0.15) is 0 Å². The lowest BCUT2D eigenvalue weighted by Crippen LogP contribution is -2.11. The predicted molar refractivity (Wildman–Crippen MR) is 71.1 cm³/mol. The molecule has 2 rings (SSSR count). The molecule has 6 heteroatoms. The average Bonchev–Trinajstić information content (AvgIpc) is 2.81. The van der Waals surface area contributed by atoms with Crippen LogP contribution in [0.4, 0.5) is 13.2 Å². The molecule has 108 valence electrons. The van der Waals surface area contributed by atoms with Crippen LogP contribution in [0.3, 0.4) is 0 Å². The van der Waals surface area contributed by atoms with Crippen molar-refractivity contribution >= 4 is 0 Å². The highest BCUT2D eigenvalue weighted by molar-refractivity contribution is 5.68. The van der Waals surface area contributed by atoms with Crippen LogP contribution in [0, 0.1) is 0 Å². The maximum Gasteiger partial charge on any atom is 0.417 e. The van der Waals surface area contributed by atoms with E-state index in [2.05, 4.69) is 10.4 Å². The van der Waals surface area contributed by atoms with Crippen molar-refractivity contribution in [3.8, 4) is 11.3 Å². The van der Waals surface area contributed by atoms with E-state index in [1.165, 1.54) is 12.1 Å². The van der Waals surface area contributed by atoms with Crippen LogP contribution in [0.25, 0.3) is 11.3 Å². The minimum atomic E-state index is -4.38. The molecule has 20 heavy (non-hydrogen) atoms. The summed E-state index contributed by atoms with van der Waals surface area (Å²) in [5, 5.41) is 7.12. The van der Waals surface area contributed by atoms with Gasteiger partial charge >= 0.3 is 6.18 Å². The van der Waals surface area contributed by atoms with Crippen LogP contribution < -0.4 is 5.32 Å². The number of aromatic nitrogens is 2. The summed E-state index contributed by atoms with van der Waals surface area (Å²) in [6, 6.07) is 5.61. The van der Waals surface area contributed by atoms with Gasteiger partial charge in [0, 0.05) is 24.2 Å². The first-order valence-corrected chi connectivity index (χ1v) is 6.35. The van der Waals surface area contributed by atoms with Crippen molar-refractivity contribution in [3.05, 3.63) is 41.6 Å². The molecule has 1 aromatic carbocycles. The van der Waals surface area contributed by atoms with Crippen molar-refractivity contribution in [2.24, 2.45) is 0 Å². The molecule has 0 unspecified atom stereocenters. The van der Waals surface area contributed by atoms with Gasteiger partial charge in [-0.1, -0.05) is 18.2 Å². The zero-order valence-corrected chi connectivity index (χ0v) is 11.3. The molecule has 0 saturated heterocycles. The largest absolute Gasteiger partial charge is 0.417 e. The fourth-order valence-electron chi connectivity index (χ4n) is 2.23. The average molecular weight is 283 g/mol. The highest BCUT2D eigenvalue weighted by Crippen LogP contribution is 2.38. The second-order valence-electron chi connectivity index (χ2n) is 4.41. The third-order valence-electron chi connectivity index (χ3n) is 3.07. The number of nitrogens with one attached hydrogen (secondary N) is 1. The summed E-state index contributed by atoms with van der Waals surface area (Å²) in [5.41, 5.74) is 0.818. The van der Waals surface area contributed by atoms with Crippen molar-refractivity contribution in [1.29, 1.82) is 0 Å². The van der Waals surface area contributed by atoms with E-state index in [-0.39, 0.29) is 5.56 Å². The maximum atomic E-state index is 13.1. The van der Waals surface area contributed by atoms with Gasteiger partial charge in [-0.05, 0) is 20.0 Å². The van der Waals surface area contributed by atoms with Crippen LogP contribution in [-0.2, 0) is 19.3 Å². The standard InChI is InChI=1S/C14H16F3N3/c1-3-20-13(10(8-18-2)9-19-20)11-6-4-5-7-12(11)14(15,16)17/h4-7,9,18H,3,8H2,1-2H3. The number of aryl methyl sites for hydroxylation is 1. The molecule has 0 fully saturated rings. The molecule has 3 nitrogen and oxygen atoms in total. The Kier molecular flexibility index (Phi) is 4.13. The van der Waals surface area contributed by atoms with E-state index >= 15 is 0 Å². The van der Waals surface area contributed by atoms with Gasteiger partial charge in [-0.2, -0.15) is 18.3 Å². The monoisotopic (exact) mass is 283 g/mol. The zero-order chi connectivity index (χ0) is 14.8. The van der Waals surface area contributed by atoms with Gasteiger partial charge in [0.2, 0.25) is 0 Å². The molecule has 1 N–H and O–H groups in total. The fourth-order valence-corrected chi connectivity index (χ4v) is 2.23. The molecule has 0 aliphatic heterocycles. The van der Waals surface area contributed by atoms with E-state index in [4.69, 9.17) is 0 Å². The number of halogens is 3. The Morgan fingerprint density at radius 3 is 2.55 bits per heavy atom. The van der Waals surface area contributed by atoms with Gasteiger partial charge in [0.15, 0.2) is 0 Å². The Balaban J connectivity index is 2.65. The number of hydrogen-bond donors (Lipinski definition) is 1. The number of hydrogen-bond acceptors (Lipinski definition) is 2. The van der Waals surface area contributed by atoms with E-state index in [9.17, 15) is 13.2 Å². The van der Waals surface area contributed by atoms with Crippen molar-refractivity contribution in [2.75, 3.05) is 7.05 Å². The van der Waals surface area contributed by atoms with E-state index < -0.39 is 11.7 Å². The SMILES string of the molecule is CCn1ncc(CNC)c1-c1ccccc1C(F)(F)F. The molecular weight excluding hydrogens is 267 g/mol. The van der Waals surface area contributed by atoms with Crippen molar-refractivity contribution in [2.45, 2.75) is 26.2 Å². The van der Waals surface area contributed by atoms with Gasteiger partial charge < -0.3 is 5.32 Å². The van der Waals surface area contributed by atoms with Crippen LogP contribution in [0.1, 0.15) is 18.1 Å². The Morgan fingerprint density at radius 1 is 1.25 bits per heavy atom. The zero-order valence-electron chi connectivity index (χ0n) is 11.3. The molecular formula is C14H16F3N3. The third-order valence-corrected chi connectivity index (χ3v) is 3.07. The Bertz CT molecular complexity index is 588. The van der Waals surface area contributed by atoms with Crippen LogP contribution in [-0.4, -0.2) is 16.8 Å². The summed E-state index contributed by atoms with van der Waals surface area (Å²) in [5.74, 6) is 0. The Labute approximate surface area is 115 Å². The van der Waals surface area contributed by atoms with Crippen LogP contribution in [0.2, 0.25) is 0 Å². The lowest BCUT2D eigenvalue weighted by molar-refractivity contribution is -0.137. The van der Waals surface area contributed by atoms with E-state index in [0.717, 1.165) is 11.6 Å². The topological polar surface area (TPSA) is 29.9 Å². The van der Waals surface area contributed by atoms with Gasteiger partial charge in [0.25, 0.3) is 0 Å². The van der Waals surface area contributed by atoms with Gasteiger partial charge in [-0.15, -0.1) is 0 Å². The Hall–Kier alpha value is -1.82. The molecule has 0 radical (unpaired) electrons. The number of nitrogens with zero attached hydrogens (tertiary/aromatic N) is 2. The fraction of sp³-hybridized carbons (Fsp3) is 0.357. The quantitative estimate of drug-likeness (QED) is 0.933. The molecule has 0 bridgehead atoms. The lowest BCUT2D eigenvalue weighted by Gasteiger charge is -2.15. The van der Waals surface area contributed by atoms with Crippen molar-refractivity contribution < 1.29 is 13.2 Å². The summed E-state index contributed by atoms with van der Waals surface area (Å²) >= 11 is 0. The Morgan fingerprint density at radius 2 is 1.95 bits per heavy atom. The molecule has 0 spiro atoms. The smallest absolute Gasteiger partial charge is 0.316 e. The molecule has 0 aliphatic carbocycles. The number of benzene rings is 1. The van der Waals surface area contributed by atoms with Gasteiger partial charge in [-0.25, -0.2) is 0 Å². The highest BCUT2D eigenvalue weighted by Gasteiger charge is 2.34. The summed E-state index contributed by atoms with van der Waals surface area (Å²) in [6.07, 6.45) is -2.77. The van der Waals surface area contributed by atoms with Crippen molar-refractivity contribution in [3.63, 3.8) is 0 Å². The predicted octanol–water partition coefficient (Wildman–Crippen LogP) is 3.31. The number of rotatable bonds is 4. The van der Waals surface area contributed by atoms with E-state index in [1.54, 1.807) is 24.0 Å². The summed E-state index contributed by atoms with van der Waals surface area (Å²) in [7, 11) is 1.75. The first-order chi connectivity index (χ1) is 9.49. The first kappa shape index (κ1) is 14.6. The molecule has 2 aromatic rings. The second kappa shape index (κ2) is 5.66. The molecule has 0 saturated carbocycles.